The second kappa shape index (κ2) is 11.1. The number of rotatable bonds is 8. The van der Waals surface area contributed by atoms with Crippen molar-refractivity contribution >= 4 is 40.5 Å². The lowest BCUT2D eigenvalue weighted by molar-refractivity contribution is -0.114. The van der Waals surface area contributed by atoms with Gasteiger partial charge in [-0.2, -0.15) is 0 Å². The molecule has 0 heterocycles. The van der Waals surface area contributed by atoms with Gasteiger partial charge in [-0.1, -0.05) is 18.2 Å². The fourth-order valence-corrected chi connectivity index (χ4v) is 2.70. The van der Waals surface area contributed by atoms with Crippen LogP contribution in [0.15, 0.2) is 42.5 Å². The Labute approximate surface area is 175 Å². The van der Waals surface area contributed by atoms with Crippen molar-refractivity contribution in [2.24, 2.45) is 0 Å². The van der Waals surface area contributed by atoms with Crippen LogP contribution in [-0.4, -0.2) is 36.7 Å². The summed E-state index contributed by atoms with van der Waals surface area (Å²) in [4.78, 5) is 23.9. The number of carbonyl (C=O) groups excluding carboxylic acids is 2. The highest BCUT2D eigenvalue weighted by Gasteiger charge is 2.14. The molecule has 29 heavy (non-hydrogen) atoms. The minimum Gasteiger partial charge on any atom is -0.490 e. The lowest BCUT2D eigenvalue weighted by atomic mass is 10.1. The van der Waals surface area contributed by atoms with E-state index in [0.717, 1.165) is 5.56 Å². The summed E-state index contributed by atoms with van der Waals surface area (Å²) in [7, 11) is 0. The van der Waals surface area contributed by atoms with Gasteiger partial charge in [-0.15, -0.1) is 0 Å². The average molecular weight is 416 g/mol. The minimum absolute atomic E-state index is 0.136. The maximum absolute atomic E-state index is 12.6. The molecule has 0 atom stereocenters. The molecule has 7 nitrogen and oxygen atoms in total. The maximum atomic E-state index is 12.6. The molecule has 2 aromatic carbocycles. The van der Waals surface area contributed by atoms with E-state index in [0.29, 0.717) is 42.5 Å². The number of hydrogen-bond acceptors (Lipinski definition) is 5. The molecule has 0 radical (unpaired) electrons. The lowest BCUT2D eigenvalue weighted by Crippen LogP contribution is -2.34. The Hall–Kier alpha value is -2.97. The number of benzene rings is 2. The largest absolute Gasteiger partial charge is 0.490 e. The molecule has 0 unspecified atom stereocenters. The standard InChI is InChI=1S/C21H25N3O4S/c1-4-27-11-12-28-19-8-6-5-7-17(19)20(26)24-21(29)23-16-10-9-14(2)18(13-16)22-15(3)25/h5-10,13H,4,11-12H2,1-3H3,(H,22,25)(H2,23,24,26,29). The van der Waals surface area contributed by atoms with Crippen molar-refractivity contribution < 1.29 is 19.1 Å². The number of nitrogens with one attached hydrogen (secondary N) is 3. The normalized spacial score (nSPS) is 10.2. The van der Waals surface area contributed by atoms with Crippen LogP contribution >= 0.6 is 12.2 Å². The summed E-state index contributed by atoms with van der Waals surface area (Å²) in [6, 6.07) is 12.3. The van der Waals surface area contributed by atoms with E-state index in [4.69, 9.17) is 21.7 Å². The summed E-state index contributed by atoms with van der Waals surface area (Å²) >= 11 is 5.25. The van der Waals surface area contributed by atoms with Crippen LogP contribution in [0.25, 0.3) is 0 Å². The first kappa shape index (κ1) is 22.3. The molecular formula is C21H25N3O4S. The van der Waals surface area contributed by atoms with Gasteiger partial charge < -0.3 is 20.1 Å². The molecule has 0 aliphatic heterocycles. The smallest absolute Gasteiger partial charge is 0.261 e. The number of amides is 2. The topological polar surface area (TPSA) is 88.7 Å². The van der Waals surface area contributed by atoms with Crippen LogP contribution in [0, 0.1) is 6.92 Å². The fourth-order valence-electron chi connectivity index (χ4n) is 2.49. The first-order valence-electron chi connectivity index (χ1n) is 9.21. The second-order valence-electron chi connectivity index (χ2n) is 6.16. The quantitative estimate of drug-likeness (QED) is 0.452. The molecule has 0 aromatic heterocycles. The SMILES string of the molecule is CCOCCOc1ccccc1C(=O)NC(=S)Nc1ccc(C)c(NC(C)=O)c1. The number of aryl methyl sites for hydroxylation is 1. The predicted molar refractivity (Wildman–Crippen MR) is 118 cm³/mol. The third-order valence-electron chi connectivity index (χ3n) is 3.85. The lowest BCUT2D eigenvalue weighted by Gasteiger charge is -2.14. The molecule has 0 aliphatic carbocycles. The number of hydrogen-bond donors (Lipinski definition) is 3. The van der Waals surface area contributed by atoms with E-state index < -0.39 is 0 Å². The average Bonchev–Trinajstić information content (AvgIpc) is 2.67. The van der Waals surface area contributed by atoms with E-state index >= 15 is 0 Å². The molecule has 0 fully saturated rings. The molecule has 0 saturated carbocycles. The Morgan fingerprint density at radius 1 is 1.07 bits per heavy atom. The van der Waals surface area contributed by atoms with E-state index in [1.165, 1.54) is 6.92 Å². The zero-order chi connectivity index (χ0) is 21.2. The highest BCUT2D eigenvalue weighted by Crippen LogP contribution is 2.21. The number of ether oxygens (including phenoxy) is 2. The van der Waals surface area contributed by atoms with Crippen LogP contribution in [0.3, 0.4) is 0 Å². The zero-order valence-electron chi connectivity index (χ0n) is 16.7. The van der Waals surface area contributed by atoms with Crippen molar-refractivity contribution in [2.45, 2.75) is 20.8 Å². The van der Waals surface area contributed by atoms with Gasteiger partial charge in [0, 0.05) is 24.9 Å². The number of para-hydroxylation sites is 1. The second-order valence-corrected chi connectivity index (χ2v) is 6.57. The molecule has 2 aromatic rings. The molecule has 8 heteroatoms. The molecule has 2 rings (SSSR count). The molecule has 0 saturated heterocycles. The molecule has 0 bridgehead atoms. The maximum Gasteiger partial charge on any atom is 0.261 e. The fraction of sp³-hybridized carbons (Fsp3) is 0.286. The molecule has 0 spiro atoms. The van der Waals surface area contributed by atoms with Crippen molar-refractivity contribution in [1.82, 2.24) is 5.32 Å². The van der Waals surface area contributed by atoms with Gasteiger partial charge in [-0.05, 0) is 55.9 Å². The Balaban J connectivity index is 2.01. The van der Waals surface area contributed by atoms with Crippen LogP contribution in [0.5, 0.6) is 5.75 Å². The van der Waals surface area contributed by atoms with Crippen molar-refractivity contribution in [3.05, 3.63) is 53.6 Å². The molecule has 154 valence electrons. The Morgan fingerprint density at radius 3 is 2.55 bits per heavy atom. The van der Waals surface area contributed by atoms with Crippen LogP contribution in [0.2, 0.25) is 0 Å². The van der Waals surface area contributed by atoms with Crippen LogP contribution in [0.1, 0.15) is 29.8 Å². The van der Waals surface area contributed by atoms with Gasteiger partial charge in [0.05, 0.1) is 12.2 Å². The number of anilines is 2. The monoisotopic (exact) mass is 415 g/mol. The predicted octanol–water partition coefficient (Wildman–Crippen LogP) is 3.50. The summed E-state index contributed by atoms with van der Waals surface area (Å²) in [6.07, 6.45) is 0. The molecule has 3 N–H and O–H groups in total. The van der Waals surface area contributed by atoms with E-state index in [2.05, 4.69) is 16.0 Å². The molecular weight excluding hydrogens is 390 g/mol. The Morgan fingerprint density at radius 2 is 1.83 bits per heavy atom. The zero-order valence-corrected chi connectivity index (χ0v) is 17.5. The third-order valence-corrected chi connectivity index (χ3v) is 4.06. The van der Waals surface area contributed by atoms with Gasteiger partial charge in [0.1, 0.15) is 12.4 Å². The molecule has 0 aliphatic rings. The van der Waals surface area contributed by atoms with E-state index in [-0.39, 0.29) is 16.9 Å². The van der Waals surface area contributed by atoms with Gasteiger partial charge in [-0.3, -0.25) is 14.9 Å². The number of thiocarbonyl (C=S) groups is 1. The van der Waals surface area contributed by atoms with Gasteiger partial charge >= 0.3 is 0 Å². The van der Waals surface area contributed by atoms with Gasteiger partial charge in [0.15, 0.2) is 5.11 Å². The summed E-state index contributed by atoms with van der Waals surface area (Å²) < 4.78 is 10.9. The summed E-state index contributed by atoms with van der Waals surface area (Å²) in [5.74, 6) is -0.0958. The van der Waals surface area contributed by atoms with E-state index in [9.17, 15) is 9.59 Å². The van der Waals surface area contributed by atoms with Gasteiger partial charge in [0.25, 0.3) is 5.91 Å². The van der Waals surface area contributed by atoms with Crippen LogP contribution < -0.4 is 20.7 Å². The minimum atomic E-state index is -0.385. The first-order chi connectivity index (χ1) is 13.9. The van der Waals surface area contributed by atoms with Crippen LogP contribution in [-0.2, 0) is 9.53 Å². The Bertz CT molecular complexity index is 886. The van der Waals surface area contributed by atoms with Crippen molar-refractivity contribution in [2.75, 3.05) is 30.5 Å². The van der Waals surface area contributed by atoms with Gasteiger partial charge in [0.2, 0.25) is 5.91 Å². The summed E-state index contributed by atoms with van der Waals surface area (Å²) in [5, 5.41) is 8.48. The number of carbonyl (C=O) groups is 2. The first-order valence-corrected chi connectivity index (χ1v) is 9.61. The highest BCUT2D eigenvalue weighted by atomic mass is 32.1. The third kappa shape index (κ3) is 7.17. The van der Waals surface area contributed by atoms with E-state index in [1.807, 2.05) is 26.0 Å². The molecule has 2 amide bonds. The summed E-state index contributed by atoms with van der Waals surface area (Å²) in [5.41, 5.74) is 2.60. The van der Waals surface area contributed by atoms with Crippen molar-refractivity contribution in [3.63, 3.8) is 0 Å². The Kier molecular flexibility index (Phi) is 8.57. The van der Waals surface area contributed by atoms with Crippen LogP contribution in [0.4, 0.5) is 11.4 Å². The van der Waals surface area contributed by atoms with Crippen molar-refractivity contribution in [1.29, 1.82) is 0 Å². The van der Waals surface area contributed by atoms with Gasteiger partial charge in [-0.25, -0.2) is 0 Å². The highest BCUT2D eigenvalue weighted by molar-refractivity contribution is 7.80. The van der Waals surface area contributed by atoms with E-state index in [1.54, 1.807) is 30.3 Å². The summed E-state index contributed by atoms with van der Waals surface area (Å²) in [6.45, 7) is 6.62. The van der Waals surface area contributed by atoms with Crippen molar-refractivity contribution in [3.8, 4) is 5.75 Å².